The van der Waals surface area contributed by atoms with E-state index in [0.29, 0.717) is 17.3 Å². The van der Waals surface area contributed by atoms with E-state index in [1.807, 2.05) is 24.8 Å². The number of thioether (sulfide) groups is 1. The van der Waals surface area contributed by atoms with Crippen molar-refractivity contribution >= 4 is 39.4 Å². The van der Waals surface area contributed by atoms with Gasteiger partial charge in [0.15, 0.2) is 0 Å². The van der Waals surface area contributed by atoms with Gasteiger partial charge >= 0.3 is 0 Å². The minimum absolute atomic E-state index is 0.0482. The number of aromatic nitrogens is 1. The van der Waals surface area contributed by atoms with Gasteiger partial charge in [-0.1, -0.05) is 0 Å². The van der Waals surface area contributed by atoms with Gasteiger partial charge in [0, 0.05) is 23.8 Å². The van der Waals surface area contributed by atoms with E-state index in [-0.39, 0.29) is 5.91 Å². The zero-order valence-electron chi connectivity index (χ0n) is 11.6. The molecule has 0 aromatic carbocycles. The molecule has 1 aromatic rings. The van der Waals surface area contributed by atoms with Gasteiger partial charge in [0.2, 0.25) is 0 Å². The lowest BCUT2D eigenvalue weighted by Crippen LogP contribution is -2.31. The van der Waals surface area contributed by atoms with Crippen molar-refractivity contribution in [2.75, 3.05) is 29.9 Å². The second-order valence-electron chi connectivity index (χ2n) is 4.85. The van der Waals surface area contributed by atoms with E-state index >= 15 is 0 Å². The molecule has 1 saturated heterocycles. The quantitative estimate of drug-likeness (QED) is 0.849. The van der Waals surface area contributed by atoms with Crippen molar-refractivity contribution in [3.8, 4) is 0 Å². The first-order valence-electron chi connectivity index (χ1n) is 6.96. The Morgan fingerprint density at radius 1 is 1.50 bits per heavy atom. The van der Waals surface area contributed by atoms with Crippen molar-refractivity contribution in [2.24, 2.45) is 5.92 Å². The zero-order chi connectivity index (χ0) is 14.4. The Hall–Kier alpha value is -0.750. The Morgan fingerprint density at radius 3 is 2.95 bits per heavy atom. The molecule has 0 aliphatic carbocycles. The number of hydrogen-bond donors (Lipinski definition) is 2. The topological polar surface area (TPSA) is 54.0 Å². The third-order valence-corrected chi connectivity index (χ3v) is 4.82. The van der Waals surface area contributed by atoms with Crippen LogP contribution in [0.25, 0.3) is 0 Å². The van der Waals surface area contributed by atoms with Gasteiger partial charge in [-0.15, -0.1) is 0 Å². The molecule has 4 nitrogen and oxygen atoms in total. The van der Waals surface area contributed by atoms with Gasteiger partial charge < -0.3 is 10.6 Å². The number of rotatable bonds is 5. The monoisotopic (exact) mass is 357 g/mol. The van der Waals surface area contributed by atoms with Crippen LogP contribution in [0.3, 0.4) is 0 Å². The predicted octanol–water partition coefficient (Wildman–Crippen LogP) is 3.15. The Kier molecular flexibility index (Phi) is 6.16. The van der Waals surface area contributed by atoms with Gasteiger partial charge in [0.25, 0.3) is 5.91 Å². The molecule has 1 aliphatic heterocycles. The molecule has 1 aliphatic rings. The summed E-state index contributed by atoms with van der Waals surface area (Å²) in [4.78, 5) is 16.6. The molecule has 0 unspecified atom stereocenters. The normalized spacial score (nSPS) is 15.9. The number of nitrogens with one attached hydrogen (secondary N) is 2. The number of carbonyl (C=O) groups excluding carboxylic acids is 1. The summed E-state index contributed by atoms with van der Waals surface area (Å²) in [5, 5.41) is 6.17. The minimum atomic E-state index is -0.0482. The minimum Gasteiger partial charge on any atom is -0.370 e. The van der Waals surface area contributed by atoms with Crippen molar-refractivity contribution in [3.63, 3.8) is 0 Å². The molecule has 2 heterocycles. The maximum absolute atomic E-state index is 12.3. The molecule has 110 valence electrons. The van der Waals surface area contributed by atoms with Gasteiger partial charge in [0.1, 0.15) is 5.82 Å². The number of carbonyl (C=O) groups is 1. The van der Waals surface area contributed by atoms with Gasteiger partial charge in [-0.25, -0.2) is 4.98 Å². The van der Waals surface area contributed by atoms with Crippen LogP contribution in [0.4, 0.5) is 5.82 Å². The number of halogens is 1. The molecule has 1 fully saturated rings. The number of hydrogen-bond acceptors (Lipinski definition) is 4. The van der Waals surface area contributed by atoms with Crippen molar-refractivity contribution in [2.45, 2.75) is 19.8 Å². The fourth-order valence-corrected chi connectivity index (χ4v) is 3.74. The maximum atomic E-state index is 12.3. The number of pyridine rings is 1. The Labute approximate surface area is 132 Å². The molecule has 0 spiro atoms. The summed E-state index contributed by atoms with van der Waals surface area (Å²) in [5.74, 6) is 3.63. The largest absolute Gasteiger partial charge is 0.370 e. The first kappa shape index (κ1) is 15.6. The molecular weight excluding hydrogens is 338 g/mol. The third kappa shape index (κ3) is 4.38. The fourth-order valence-electron chi connectivity index (χ4n) is 2.20. The number of nitrogens with zero attached hydrogens (tertiary/aromatic N) is 1. The molecule has 0 saturated carbocycles. The summed E-state index contributed by atoms with van der Waals surface area (Å²) < 4.78 is 0.818. The molecular formula is C14H20BrN3OS. The van der Waals surface area contributed by atoms with Crippen LogP contribution in [0.5, 0.6) is 0 Å². The molecule has 2 rings (SSSR count). The third-order valence-electron chi connectivity index (χ3n) is 3.34. The standard InChI is InChI=1S/C14H20BrN3OS/c1-2-16-13-12(7-11(15)9-17-13)14(19)18-8-10-3-5-20-6-4-10/h7,9-10H,2-6,8H2,1H3,(H,16,17)(H,18,19). The van der Waals surface area contributed by atoms with E-state index in [9.17, 15) is 4.79 Å². The van der Waals surface area contributed by atoms with Crippen LogP contribution in [-0.2, 0) is 0 Å². The highest BCUT2D eigenvalue weighted by Gasteiger charge is 2.17. The Bertz CT molecular complexity index is 464. The molecule has 0 bridgehead atoms. The van der Waals surface area contributed by atoms with Crippen molar-refractivity contribution < 1.29 is 4.79 Å². The molecule has 0 atom stereocenters. The zero-order valence-corrected chi connectivity index (χ0v) is 14.0. The lowest BCUT2D eigenvalue weighted by Gasteiger charge is -2.21. The van der Waals surface area contributed by atoms with E-state index < -0.39 is 0 Å². The summed E-state index contributed by atoms with van der Waals surface area (Å²) in [6, 6.07) is 1.82. The van der Waals surface area contributed by atoms with Crippen molar-refractivity contribution in [3.05, 3.63) is 22.3 Å². The van der Waals surface area contributed by atoms with Gasteiger partial charge in [-0.05, 0) is 59.2 Å². The summed E-state index contributed by atoms with van der Waals surface area (Å²) in [7, 11) is 0. The van der Waals surface area contributed by atoms with E-state index in [2.05, 4.69) is 31.5 Å². The van der Waals surface area contributed by atoms with E-state index in [4.69, 9.17) is 0 Å². The van der Waals surface area contributed by atoms with Crippen molar-refractivity contribution in [1.82, 2.24) is 10.3 Å². The van der Waals surface area contributed by atoms with Gasteiger partial charge in [-0.2, -0.15) is 11.8 Å². The molecule has 1 amide bonds. The van der Waals surface area contributed by atoms with Crippen LogP contribution < -0.4 is 10.6 Å². The fraction of sp³-hybridized carbons (Fsp3) is 0.571. The Morgan fingerprint density at radius 2 is 2.25 bits per heavy atom. The summed E-state index contributed by atoms with van der Waals surface area (Å²) in [6.07, 6.45) is 4.09. The molecule has 2 N–H and O–H groups in total. The van der Waals surface area contributed by atoms with Crippen LogP contribution >= 0.6 is 27.7 Å². The lowest BCUT2D eigenvalue weighted by atomic mass is 10.0. The average Bonchev–Trinajstić information content (AvgIpc) is 2.48. The highest BCUT2D eigenvalue weighted by molar-refractivity contribution is 9.10. The van der Waals surface area contributed by atoms with E-state index in [1.54, 1.807) is 6.20 Å². The smallest absolute Gasteiger partial charge is 0.255 e. The van der Waals surface area contributed by atoms with Crippen LogP contribution in [0.1, 0.15) is 30.1 Å². The number of amides is 1. The molecule has 1 aromatic heterocycles. The van der Waals surface area contributed by atoms with Gasteiger partial charge in [-0.3, -0.25) is 4.79 Å². The molecule has 20 heavy (non-hydrogen) atoms. The maximum Gasteiger partial charge on any atom is 0.255 e. The average molecular weight is 358 g/mol. The number of anilines is 1. The van der Waals surface area contributed by atoms with Crippen LogP contribution in [0.2, 0.25) is 0 Å². The van der Waals surface area contributed by atoms with Gasteiger partial charge in [0.05, 0.1) is 5.56 Å². The second kappa shape index (κ2) is 7.88. The lowest BCUT2D eigenvalue weighted by molar-refractivity contribution is 0.0947. The van der Waals surface area contributed by atoms with Crippen LogP contribution in [-0.4, -0.2) is 35.5 Å². The van der Waals surface area contributed by atoms with Crippen molar-refractivity contribution in [1.29, 1.82) is 0 Å². The molecule has 6 heteroatoms. The van der Waals surface area contributed by atoms with Crippen LogP contribution in [0, 0.1) is 5.92 Å². The van der Waals surface area contributed by atoms with E-state index in [1.165, 1.54) is 24.3 Å². The first-order valence-corrected chi connectivity index (χ1v) is 8.90. The summed E-state index contributed by atoms with van der Waals surface area (Å²) in [6.45, 7) is 3.50. The molecule has 0 radical (unpaired) electrons. The van der Waals surface area contributed by atoms with E-state index in [0.717, 1.165) is 17.6 Å². The van der Waals surface area contributed by atoms with Crippen LogP contribution in [0.15, 0.2) is 16.7 Å². The SMILES string of the molecule is CCNc1ncc(Br)cc1C(=O)NCC1CCSCC1. The Balaban J connectivity index is 1.98. The highest BCUT2D eigenvalue weighted by Crippen LogP contribution is 2.22. The first-order chi connectivity index (χ1) is 9.70. The summed E-state index contributed by atoms with van der Waals surface area (Å²) in [5.41, 5.74) is 0.603. The predicted molar refractivity (Wildman–Crippen MR) is 88.5 cm³/mol. The summed E-state index contributed by atoms with van der Waals surface area (Å²) >= 11 is 5.37. The second-order valence-corrected chi connectivity index (χ2v) is 6.99. The highest BCUT2D eigenvalue weighted by atomic mass is 79.9.